The number of rotatable bonds is 4. The summed E-state index contributed by atoms with van der Waals surface area (Å²) in [6.07, 6.45) is 1.94. The van der Waals surface area contributed by atoms with Gasteiger partial charge in [0.25, 0.3) is 5.91 Å². The molecule has 22 heavy (non-hydrogen) atoms. The monoisotopic (exact) mass is 376 g/mol. The van der Waals surface area contributed by atoms with Crippen molar-refractivity contribution in [3.8, 4) is 0 Å². The molecule has 0 bridgehead atoms. The number of aryl methyl sites for hydroxylation is 1. The molecule has 1 heterocycles. The normalized spacial score (nSPS) is 11.1. The fraction of sp³-hybridized carbons (Fsp3) is 0.154. The SMILES string of the molecule is CCc1nc(N)sc1C(=O)N/N=C/c1c(Cl)ccc(Cl)c1Cl. The van der Waals surface area contributed by atoms with Crippen molar-refractivity contribution in [3.63, 3.8) is 0 Å². The van der Waals surface area contributed by atoms with Crippen molar-refractivity contribution in [2.24, 2.45) is 5.10 Å². The van der Waals surface area contributed by atoms with Gasteiger partial charge in [-0.15, -0.1) is 0 Å². The number of nitrogens with one attached hydrogen (secondary N) is 1. The van der Waals surface area contributed by atoms with E-state index in [0.29, 0.717) is 37.7 Å². The summed E-state index contributed by atoms with van der Waals surface area (Å²) < 4.78 is 0. The van der Waals surface area contributed by atoms with Gasteiger partial charge >= 0.3 is 0 Å². The van der Waals surface area contributed by atoms with Gasteiger partial charge in [0.1, 0.15) is 4.88 Å². The van der Waals surface area contributed by atoms with Crippen molar-refractivity contribution in [3.05, 3.63) is 43.3 Å². The highest BCUT2D eigenvalue weighted by Crippen LogP contribution is 2.30. The lowest BCUT2D eigenvalue weighted by atomic mass is 10.2. The Kier molecular flexibility index (Phi) is 5.63. The maximum absolute atomic E-state index is 12.1. The quantitative estimate of drug-likeness (QED) is 0.480. The highest BCUT2D eigenvalue weighted by Gasteiger charge is 2.15. The fourth-order valence-electron chi connectivity index (χ4n) is 1.65. The molecule has 9 heteroatoms. The Hall–Kier alpha value is -1.34. The van der Waals surface area contributed by atoms with Gasteiger partial charge in [0.15, 0.2) is 5.13 Å². The highest BCUT2D eigenvalue weighted by atomic mass is 35.5. The van der Waals surface area contributed by atoms with Gasteiger partial charge < -0.3 is 5.73 Å². The molecule has 0 aliphatic rings. The summed E-state index contributed by atoms with van der Waals surface area (Å²) in [6, 6.07) is 3.17. The number of carbonyl (C=O) groups is 1. The molecule has 0 fully saturated rings. The number of anilines is 1. The van der Waals surface area contributed by atoms with Crippen molar-refractivity contribution >= 4 is 63.4 Å². The van der Waals surface area contributed by atoms with Crippen LogP contribution in [0.25, 0.3) is 0 Å². The number of benzene rings is 1. The topological polar surface area (TPSA) is 80.4 Å². The average Bonchev–Trinajstić information content (AvgIpc) is 2.87. The summed E-state index contributed by atoms with van der Waals surface area (Å²) in [7, 11) is 0. The van der Waals surface area contributed by atoms with Gasteiger partial charge in [-0.2, -0.15) is 5.10 Å². The van der Waals surface area contributed by atoms with E-state index in [0.717, 1.165) is 11.3 Å². The first-order valence-electron chi connectivity index (χ1n) is 6.16. The Morgan fingerprint density at radius 2 is 2.09 bits per heavy atom. The summed E-state index contributed by atoms with van der Waals surface area (Å²) in [4.78, 5) is 16.6. The Balaban J connectivity index is 2.16. The van der Waals surface area contributed by atoms with E-state index in [9.17, 15) is 4.79 Å². The minimum atomic E-state index is -0.392. The first-order chi connectivity index (χ1) is 10.4. The first-order valence-corrected chi connectivity index (χ1v) is 8.11. The highest BCUT2D eigenvalue weighted by molar-refractivity contribution is 7.17. The van der Waals surface area contributed by atoms with E-state index in [1.165, 1.54) is 6.21 Å². The van der Waals surface area contributed by atoms with Gasteiger partial charge in [0.05, 0.1) is 27.0 Å². The summed E-state index contributed by atoms with van der Waals surface area (Å²) in [5.74, 6) is -0.392. The summed E-state index contributed by atoms with van der Waals surface area (Å²) in [6.45, 7) is 1.89. The van der Waals surface area contributed by atoms with Gasteiger partial charge in [-0.1, -0.05) is 53.1 Å². The molecule has 3 N–H and O–H groups in total. The number of carbonyl (C=O) groups excluding carboxylic acids is 1. The van der Waals surface area contributed by atoms with Gasteiger partial charge in [0, 0.05) is 5.56 Å². The zero-order valence-corrected chi connectivity index (χ0v) is 14.4. The van der Waals surface area contributed by atoms with Gasteiger partial charge in [-0.25, -0.2) is 10.4 Å². The third kappa shape index (κ3) is 3.70. The molecule has 0 aliphatic heterocycles. The van der Waals surface area contributed by atoms with Crippen LogP contribution in [-0.4, -0.2) is 17.1 Å². The van der Waals surface area contributed by atoms with E-state index in [4.69, 9.17) is 40.5 Å². The molecular weight excluding hydrogens is 367 g/mol. The minimum absolute atomic E-state index is 0.267. The van der Waals surface area contributed by atoms with E-state index in [2.05, 4.69) is 15.5 Å². The Labute approximate surface area is 146 Å². The van der Waals surface area contributed by atoms with Gasteiger partial charge in [-0.3, -0.25) is 4.79 Å². The van der Waals surface area contributed by atoms with E-state index in [-0.39, 0.29) is 5.02 Å². The molecule has 0 saturated heterocycles. The Morgan fingerprint density at radius 1 is 1.41 bits per heavy atom. The predicted octanol–water partition coefficient (Wildman–Crippen LogP) is 4.01. The third-order valence-corrected chi connectivity index (χ3v) is 4.77. The van der Waals surface area contributed by atoms with E-state index in [1.807, 2.05) is 6.92 Å². The molecule has 1 aromatic heterocycles. The molecule has 0 radical (unpaired) electrons. The molecule has 1 amide bonds. The molecule has 0 aliphatic carbocycles. The number of nitrogen functional groups attached to an aromatic ring is 1. The van der Waals surface area contributed by atoms with Crippen molar-refractivity contribution in [2.75, 3.05) is 5.73 Å². The number of hydrogen-bond acceptors (Lipinski definition) is 5. The van der Waals surface area contributed by atoms with Crippen molar-refractivity contribution in [2.45, 2.75) is 13.3 Å². The number of amides is 1. The lowest BCUT2D eigenvalue weighted by Gasteiger charge is -2.03. The lowest BCUT2D eigenvalue weighted by Crippen LogP contribution is -2.17. The molecule has 0 unspecified atom stereocenters. The number of hydrogen-bond donors (Lipinski definition) is 2. The number of halogens is 3. The second-order valence-electron chi connectivity index (χ2n) is 4.14. The molecule has 1 aromatic carbocycles. The summed E-state index contributed by atoms with van der Waals surface area (Å²) in [5.41, 5.74) is 9.06. The van der Waals surface area contributed by atoms with Crippen LogP contribution in [0.4, 0.5) is 5.13 Å². The number of hydrazone groups is 1. The van der Waals surface area contributed by atoms with Crippen LogP contribution in [0, 0.1) is 0 Å². The smallest absolute Gasteiger partial charge is 0.283 e. The molecule has 2 rings (SSSR count). The van der Waals surface area contributed by atoms with Crippen LogP contribution in [0.2, 0.25) is 15.1 Å². The van der Waals surface area contributed by atoms with Crippen LogP contribution in [0.5, 0.6) is 0 Å². The number of nitrogens with zero attached hydrogens (tertiary/aromatic N) is 2. The largest absolute Gasteiger partial charge is 0.375 e. The Morgan fingerprint density at radius 3 is 2.77 bits per heavy atom. The summed E-state index contributed by atoms with van der Waals surface area (Å²) >= 11 is 19.1. The van der Waals surface area contributed by atoms with Crippen molar-refractivity contribution in [1.82, 2.24) is 10.4 Å². The molecule has 5 nitrogen and oxygen atoms in total. The maximum Gasteiger partial charge on any atom is 0.283 e. The Bertz CT molecular complexity index is 745. The number of nitrogens with two attached hydrogens (primary N) is 1. The van der Waals surface area contributed by atoms with E-state index in [1.54, 1.807) is 12.1 Å². The average molecular weight is 378 g/mol. The molecule has 0 atom stereocenters. The van der Waals surface area contributed by atoms with Crippen molar-refractivity contribution < 1.29 is 4.79 Å². The number of aromatic nitrogens is 1. The fourth-order valence-corrected chi connectivity index (χ4v) is 3.10. The first kappa shape index (κ1) is 17.0. The minimum Gasteiger partial charge on any atom is -0.375 e. The second-order valence-corrected chi connectivity index (χ2v) is 6.36. The van der Waals surface area contributed by atoms with Crippen molar-refractivity contribution in [1.29, 1.82) is 0 Å². The van der Waals surface area contributed by atoms with Crippen LogP contribution in [0.3, 0.4) is 0 Å². The van der Waals surface area contributed by atoms with Gasteiger partial charge in [0.2, 0.25) is 0 Å². The molecule has 116 valence electrons. The van der Waals surface area contributed by atoms with E-state index >= 15 is 0 Å². The van der Waals surface area contributed by atoms with Crippen LogP contribution in [0.15, 0.2) is 17.2 Å². The predicted molar refractivity (Wildman–Crippen MR) is 92.4 cm³/mol. The maximum atomic E-state index is 12.1. The van der Waals surface area contributed by atoms with Crippen LogP contribution in [0.1, 0.15) is 27.9 Å². The standard InChI is InChI=1S/C13H11Cl3N4OS/c1-2-9-11(22-13(17)19-9)12(21)20-18-5-6-7(14)3-4-8(15)10(6)16/h3-5H,2H2,1H3,(H2,17,19)(H,20,21)/b18-5+. The van der Waals surface area contributed by atoms with Crippen LogP contribution < -0.4 is 11.2 Å². The molecule has 2 aromatic rings. The molecule has 0 saturated carbocycles. The van der Waals surface area contributed by atoms with Crippen LogP contribution in [-0.2, 0) is 6.42 Å². The number of thiazole rings is 1. The molecule has 0 spiro atoms. The van der Waals surface area contributed by atoms with Gasteiger partial charge in [-0.05, 0) is 18.6 Å². The second kappa shape index (κ2) is 7.28. The van der Waals surface area contributed by atoms with Crippen LogP contribution >= 0.6 is 46.1 Å². The lowest BCUT2D eigenvalue weighted by molar-refractivity contribution is 0.0958. The zero-order valence-electron chi connectivity index (χ0n) is 11.4. The zero-order chi connectivity index (χ0) is 16.3. The molecular formula is C13H11Cl3N4OS. The summed E-state index contributed by atoms with van der Waals surface area (Å²) in [5, 5.41) is 5.19. The third-order valence-electron chi connectivity index (χ3n) is 2.69. The van der Waals surface area contributed by atoms with E-state index < -0.39 is 5.91 Å².